The minimum Gasteiger partial charge on any atom is -0.495 e. The van der Waals surface area contributed by atoms with E-state index in [-0.39, 0.29) is 12.5 Å². The van der Waals surface area contributed by atoms with E-state index in [1.165, 1.54) is 18.6 Å². The number of piperazine rings is 1. The zero-order valence-corrected chi connectivity index (χ0v) is 14.0. The van der Waals surface area contributed by atoms with Crippen LogP contribution in [0.2, 0.25) is 0 Å². The summed E-state index contributed by atoms with van der Waals surface area (Å²) in [6, 6.07) is 9.31. The standard InChI is InChI=1S/C18H20N2O5/c1-23-16-5-3-2-4-15(16)19-7-9-20(10-8-19)17(21)13-25-18(22)14-6-11-24-12-14/h2-6,11-12H,7-10,13H2,1H3. The molecule has 132 valence electrons. The van der Waals surface area contributed by atoms with Crippen LogP contribution in [0.4, 0.5) is 5.69 Å². The molecule has 2 heterocycles. The Morgan fingerprint density at radius 1 is 1.12 bits per heavy atom. The summed E-state index contributed by atoms with van der Waals surface area (Å²) in [6.45, 7) is 2.27. The van der Waals surface area contributed by atoms with Gasteiger partial charge in [-0.1, -0.05) is 12.1 Å². The minimum atomic E-state index is -0.560. The monoisotopic (exact) mass is 344 g/mol. The highest BCUT2D eigenvalue weighted by Gasteiger charge is 2.23. The average molecular weight is 344 g/mol. The maximum absolute atomic E-state index is 12.2. The van der Waals surface area contributed by atoms with E-state index >= 15 is 0 Å². The Kier molecular flexibility index (Phi) is 5.23. The number of furan rings is 1. The summed E-state index contributed by atoms with van der Waals surface area (Å²) in [5, 5.41) is 0. The molecule has 0 aliphatic carbocycles. The van der Waals surface area contributed by atoms with Crippen molar-refractivity contribution < 1.29 is 23.5 Å². The number of para-hydroxylation sites is 2. The Bertz CT molecular complexity index is 721. The summed E-state index contributed by atoms with van der Waals surface area (Å²) in [7, 11) is 1.65. The van der Waals surface area contributed by atoms with Gasteiger partial charge in [0.2, 0.25) is 0 Å². The molecule has 0 spiro atoms. The van der Waals surface area contributed by atoms with Crippen LogP contribution < -0.4 is 9.64 Å². The summed E-state index contributed by atoms with van der Waals surface area (Å²) in [5.41, 5.74) is 1.32. The van der Waals surface area contributed by atoms with E-state index in [0.717, 1.165) is 11.4 Å². The molecule has 0 bridgehead atoms. The zero-order valence-electron chi connectivity index (χ0n) is 14.0. The normalized spacial score (nSPS) is 14.3. The fourth-order valence-electron chi connectivity index (χ4n) is 2.77. The molecule has 3 rings (SSSR count). The Labute approximate surface area is 145 Å². The fourth-order valence-corrected chi connectivity index (χ4v) is 2.77. The first-order valence-corrected chi connectivity index (χ1v) is 8.04. The Balaban J connectivity index is 1.50. The molecular weight excluding hydrogens is 324 g/mol. The van der Waals surface area contributed by atoms with Gasteiger partial charge in [-0.25, -0.2) is 4.79 Å². The number of nitrogens with zero attached hydrogens (tertiary/aromatic N) is 2. The topological polar surface area (TPSA) is 72.2 Å². The van der Waals surface area contributed by atoms with Crippen molar-refractivity contribution in [3.05, 3.63) is 48.4 Å². The third kappa shape index (κ3) is 3.93. The lowest BCUT2D eigenvalue weighted by molar-refractivity contribution is -0.134. The molecule has 0 N–H and O–H groups in total. The van der Waals surface area contributed by atoms with E-state index in [2.05, 4.69) is 4.90 Å². The maximum Gasteiger partial charge on any atom is 0.341 e. The van der Waals surface area contributed by atoms with Crippen LogP contribution in [0.5, 0.6) is 5.75 Å². The Morgan fingerprint density at radius 3 is 2.56 bits per heavy atom. The summed E-state index contributed by atoms with van der Waals surface area (Å²) < 4.78 is 15.2. The van der Waals surface area contributed by atoms with Gasteiger partial charge in [-0.05, 0) is 18.2 Å². The largest absolute Gasteiger partial charge is 0.495 e. The first-order chi connectivity index (χ1) is 12.2. The van der Waals surface area contributed by atoms with Crippen LogP contribution >= 0.6 is 0 Å². The molecular formula is C18H20N2O5. The number of rotatable bonds is 5. The van der Waals surface area contributed by atoms with Crippen LogP contribution in [-0.4, -0.2) is 56.7 Å². The molecule has 0 atom stereocenters. The molecule has 1 saturated heterocycles. The van der Waals surface area contributed by atoms with Crippen molar-refractivity contribution in [2.24, 2.45) is 0 Å². The third-order valence-corrected chi connectivity index (χ3v) is 4.14. The fraction of sp³-hybridized carbons (Fsp3) is 0.333. The average Bonchev–Trinajstić information content (AvgIpc) is 3.21. The molecule has 2 aromatic rings. The highest BCUT2D eigenvalue weighted by molar-refractivity contribution is 5.90. The van der Waals surface area contributed by atoms with Crippen LogP contribution in [0.1, 0.15) is 10.4 Å². The van der Waals surface area contributed by atoms with Crippen LogP contribution in [-0.2, 0) is 9.53 Å². The van der Waals surface area contributed by atoms with Crippen molar-refractivity contribution in [2.45, 2.75) is 0 Å². The summed E-state index contributed by atoms with van der Waals surface area (Å²) in [6.07, 6.45) is 2.67. The molecule has 1 fully saturated rings. The molecule has 0 saturated carbocycles. The lowest BCUT2D eigenvalue weighted by atomic mass is 10.2. The molecule has 1 amide bonds. The summed E-state index contributed by atoms with van der Waals surface area (Å²) in [4.78, 5) is 27.8. The number of ether oxygens (including phenoxy) is 2. The summed E-state index contributed by atoms with van der Waals surface area (Å²) >= 11 is 0. The highest BCUT2D eigenvalue weighted by atomic mass is 16.5. The Morgan fingerprint density at radius 2 is 1.88 bits per heavy atom. The predicted molar refractivity (Wildman–Crippen MR) is 90.8 cm³/mol. The van der Waals surface area contributed by atoms with Crippen molar-refractivity contribution in [2.75, 3.05) is 44.8 Å². The second kappa shape index (κ2) is 7.74. The van der Waals surface area contributed by atoms with Gasteiger partial charge < -0.3 is 23.7 Å². The highest BCUT2D eigenvalue weighted by Crippen LogP contribution is 2.28. The van der Waals surface area contributed by atoms with Crippen molar-refractivity contribution >= 4 is 17.6 Å². The second-order valence-corrected chi connectivity index (χ2v) is 5.63. The number of methoxy groups -OCH3 is 1. The van der Waals surface area contributed by atoms with Crippen LogP contribution in [0.15, 0.2) is 47.3 Å². The van der Waals surface area contributed by atoms with Gasteiger partial charge in [0.15, 0.2) is 6.61 Å². The first-order valence-electron chi connectivity index (χ1n) is 8.04. The van der Waals surface area contributed by atoms with Gasteiger partial charge in [-0.2, -0.15) is 0 Å². The van der Waals surface area contributed by atoms with Crippen molar-refractivity contribution in [1.29, 1.82) is 0 Å². The van der Waals surface area contributed by atoms with Crippen LogP contribution in [0, 0.1) is 0 Å². The lowest BCUT2D eigenvalue weighted by Gasteiger charge is -2.36. The second-order valence-electron chi connectivity index (χ2n) is 5.63. The zero-order chi connectivity index (χ0) is 17.6. The first kappa shape index (κ1) is 16.9. The minimum absolute atomic E-state index is 0.198. The van der Waals surface area contributed by atoms with Gasteiger partial charge >= 0.3 is 5.97 Å². The van der Waals surface area contributed by atoms with E-state index in [1.807, 2.05) is 24.3 Å². The van der Waals surface area contributed by atoms with Gasteiger partial charge in [0, 0.05) is 26.2 Å². The van der Waals surface area contributed by atoms with Gasteiger partial charge in [-0.15, -0.1) is 0 Å². The number of hydrogen-bond donors (Lipinski definition) is 0. The number of hydrogen-bond acceptors (Lipinski definition) is 6. The number of benzene rings is 1. The van der Waals surface area contributed by atoms with Gasteiger partial charge in [0.25, 0.3) is 5.91 Å². The predicted octanol–water partition coefficient (Wildman–Crippen LogP) is 1.79. The van der Waals surface area contributed by atoms with E-state index < -0.39 is 5.97 Å². The smallest absolute Gasteiger partial charge is 0.341 e. The molecule has 25 heavy (non-hydrogen) atoms. The molecule has 7 nitrogen and oxygen atoms in total. The molecule has 1 aliphatic rings. The van der Waals surface area contributed by atoms with Crippen molar-refractivity contribution in [1.82, 2.24) is 4.90 Å². The Hall–Kier alpha value is -2.96. The van der Waals surface area contributed by atoms with Crippen LogP contribution in [0.3, 0.4) is 0 Å². The lowest BCUT2D eigenvalue weighted by Crippen LogP contribution is -2.50. The number of carbonyl (C=O) groups excluding carboxylic acids is 2. The number of anilines is 1. The molecule has 0 unspecified atom stereocenters. The van der Waals surface area contributed by atoms with E-state index in [4.69, 9.17) is 13.9 Å². The maximum atomic E-state index is 12.2. The third-order valence-electron chi connectivity index (χ3n) is 4.14. The van der Waals surface area contributed by atoms with Crippen molar-refractivity contribution in [3.8, 4) is 5.75 Å². The van der Waals surface area contributed by atoms with E-state index in [1.54, 1.807) is 12.0 Å². The van der Waals surface area contributed by atoms with Crippen LogP contribution in [0.25, 0.3) is 0 Å². The number of amides is 1. The molecule has 7 heteroatoms. The molecule has 1 aliphatic heterocycles. The van der Waals surface area contributed by atoms with E-state index in [9.17, 15) is 9.59 Å². The van der Waals surface area contributed by atoms with Gasteiger partial charge in [0.05, 0.1) is 24.6 Å². The molecule has 1 aromatic heterocycles. The van der Waals surface area contributed by atoms with Gasteiger partial charge in [-0.3, -0.25) is 4.79 Å². The van der Waals surface area contributed by atoms with E-state index in [0.29, 0.717) is 31.7 Å². The SMILES string of the molecule is COc1ccccc1N1CCN(C(=O)COC(=O)c2ccoc2)CC1. The van der Waals surface area contributed by atoms with Crippen molar-refractivity contribution in [3.63, 3.8) is 0 Å². The summed E-state index contributed by atoms with van der Waals surface area (Å²) in [5.74, 6) is 0.0580. The molecule has 1 aromatic carbocycles. The number of esters is 1. The quantitative estimate of drug-likeness (QED) is 0.770. The van der Waals surface area contributed by atoms with Gasteiger partial charge in [0.1, 0.15) is 12.0 Å². The number of carbonyl (C=O) groups is 2. The molecule has 0 radical (unpaired) electrons.